The van der Waals surface area contributed by atoms with Crippen LogP contribution in [0, 0.1) is 24.1 Å². The van der Waals surface area contributed by atoms with E-state index in [2.05, 4.69) is 11.1 Å². The number of hydrogen-bond acceptors (Lipinski definition) is 2. The molecule has 1 heterocycles. The Morgan fingerprint density at radius 3 is 2.62 bits per heavy atom. The van der Waals surface area contributed by atoms with E-state index >= 15 is 0 Å². The first kappa shape index (κ1) is 17.9. The fraction of sp³-hybridized carbons (Fsp3) is 0.273. The fourth-order valence-electron chi connectivity index (χ4n) is 3.21. The summed E-state index contributed by atoms with van der Waals surface area (Å²) >= 11 is 0. The minimum Gasteiger partial charge on any atom is -0.322 e. The summed E-state index contributed by atoms with van der Waals surface area (Å²) in [5.74, 6) is -0.266. The van der Waals surface area contributed by atoms with Gasteiger partial charge in [0.05, 0.1) is 11.5 Å². The molecule has 0 aliphatic carbocycles. The van der Waals surface area contributed by atoms with Crippen LogP contribution in [0.2, 0.25) is 0 Å². The molecule has 26 heavy (non-hydrogen) atoms. The molecule has 2 aromatic carbocycles. The van der Waals surface area contributed by atoms with Crippen LogP contribution in [-0.4, -0.2) is 4.98 Å². The van der Waals surface area contributed by atoms with Crippen LogP contribution in [0.1, 0.15) is 36.1 Å². The monoisotopic (exact) mass is 348 g/mol. The molecule has 3 aromatic rings. The molecule has 0 bridgehead atoms. The largest absolute Gasteiger partial charge is 0.322 e. The minimum absolute atomic E-state index is 0.101. The summed E-state index contributed by atoms with van der Waals surface area (Å²) < 4.78 is 13.9. The summed E-state index contributed by atoms with van der Waals surface area (Å²) in [4.78, 5) is 15.0. The van der Waals surface area contributed by atoms with E-state index in [-0.39, 0.29) is 11.4 Å². The van der Waals surface area contributed by atoms with Gasteiger partial charge in [0, 0.05) is 11.1 Å². The normalized spacial score (nSPS) is 13.3. The van der Waals surface area contributed by atoms with E-state index in [1.54, 1.807) is 13.0 Å². The lowest BCUT2D eigenvalue weighted by Gasteiger charge is -2.23. The summed E-state index contributed by atoms with van der Waals surface area (Å²) in [6, 6.07) is 15.0. The molecule has 3 rings (SSSR count). The molecule has 0 fully saturated rings. The van der Waals surface area contributed by atoms with E-state index in [1.165, 1.54) is 6.07 Å². The van der Waals surface area contributed by atoms with Crippen LogP contribution < -0.4 is 5.56 Å². The maximum absolute atomic E-state index is 13.9. The number of pyridine rings is 1. The van der Waals surface area contributed by atoms with Gasteiger partial charge in [-0.3, -0.25) is 4.79 Å². The first-order chi connectivity index (χ1) is 12.4. The van der Waals surface area contributed by atoms with Gasteiger partial charge in [-0.05, 0) is 67.0 Å². The van der Waals surface area contributed by atoms with Gasteiger partial charge in [-0.2, -0.15) is 5.26 Å². The number of fused-ring (bicyclic) bond motifs is 1. The number of nitrogens with one attached hydrogen (secondary N) is 1. The number of halogens is 1. The highest BCUT2D eigenvalue weighted by Crippen LogP contribution is 2.30. The van der Waals surface area contributed by atoms with Crippen LogP contribution in [0.4, 0.5) is 4.39 Å². The molecular weight excluding hydrogens is 327 g/mol. The molecule has 4 heteroatoms. The van der Waals surface area contributed by atoms with Crippen LogP contribution in [0.25, 0.3) is 10.9 Å². The van der Waals surface area contributed by atoms with Gasteiger partial charge in [-0.1, -0.05) is 31.2 Å². The highest BCUT2D eigenvalue weighted by Gasteiger charge is 2.27. The Bertz CT molecular complexity index is 1080. The molecule has 0 aliphatic rings. The number of benzene rings is 2. The maximum atomic E-state index is 13.9. The molecule has 1 unspecified atom stereocenters. The predicted octanol–water partition coefficient (Wildman–Crippen LogP) is 4.56. The standard InChI is InChI=1S/C22H21FN2O/c1-4-16-10-17-7-8-18(11-20(17)25-21(16)26)22(3,13-24)12-15-6-5-14(2)19(23)9-15/h5-11H,4,12H2,1-3H3,(H,25,26). The van der Waals surface area contributed by atoms with Crippen molar-refractivity contribution >= 4 is 10.9 Å². The quantitative estimate of drug-likeness (QED) is 0.751. The Kier molecular flexibility index (Phi) is 4.65. The number of aromatic nitrogens is 1. The van der Waals surface area contributed by atoms with E-state index in [1.807, 2.05) is 44.2 Å². The number of nitriles is 1. The van der Waals surface area contributed by atoms with Crippen molar-refractivity contribution in [2.45, 2.75) is 39.0 Å². The lowest BCUT2D eigenvalue weighted by molar-refractivity contribution is 0.590. The molecule has 0 radical (unpaired) electrons. The Morgan fingerprint density at radius 1 is 1.19 bits per heavy atom. The minimum atomic E-state index is -0.823. The van der Waals surface area contributed by atoms with Crippen LogP contribution in [0.15, 0.2) is 47.3 Å². The molecule has 0 aliphatic heterocycles. The third-order valence-electron chi connectivity index (χ3n) is 4.98. The average molecular weight is 348 g/mol. The van der Waals surface area contributed by atoms with Gasteiger partial charge < -0.3 is 4.98 Å². The Balaban J connectivity index is 2.04. The van der Waals surface area contributed by atoms with Gasteiger partial charge in [-0.25, -0.2) is 4.39 Å². The summed E-state index contributed by atoms with van der Waals surface area (Å²) in [6.45, 7) is 5.50. The summed E-state index contributed by atoms with van der Waals surface area (Å²) in [7, 11) is 0. The first-order valence-corrected chi connectivity index (χ1v) is 8.69. The highest BCUT2D eigenvalue weighted by molar-refractivity contribution is 5.80. The lowest BCUT2D eigenvalue weighted by Crippen LogP contribution is -2.23. The van der Waals surface area contributed by atoms with Gasteiger partial charge >= 0.3 is 0 Å². The zero-order chi connectivity index (χ0) is 18.9. The molecular formula is C22H21FN2O. The van der Waals surface area contributed by atoms with E-state index in [0.717, 1.165) is 22.1 Å². The number of rotatable bonds is 4. The van der Waals surface area contributed by atoms with E-state index in [9.17, 15) is 14.4 Å². The van der Waals surface area contributed by atoms with Gasteiger partial charge in [0.2, 0.25) is 0 Å². The molecule has 0 amide bonds. The molecule has 0 spiro atoms. The third kappa shape index (κ3) is 3.25. The third-order valence-corrected chi connectivity index (χ3v) is 4.98. The van der Waals surface area contributed by atoms with Crippen LogP contribution in [-0.2, 0) is 18.3 Å². The van der Waals surface area contributed by atoms with Crippen molar-refractivity contribution in [3.63, 3.8) is 0 Å². The van der Waals surface area contributed by atoms with Crippen molar-refractivity contribution in [3.8, 4) is 6.07 Å². The number of aryl methyl sites for hydroxylation is 2. The SMILES string of the molecule is CCc1cc2ccc(C(C)(C#N)Cc3ccc(C)c(F)c3)cc2[nH]c1=O. The van der Waals surface area contributed by atoms with E-state index < -0.39 is 5.41 Å². The van der Waals surface area contributed by atoms with Crippen LogP contribution in [0.3, 0.4) is 0 Å². The zero-order valence-corrected chi connectivity index (χ0v) is 15.2. The van der Waals surface area contributed by atoms with Gasteiger partial charge in [0.25, 0.3) is 5.56 Å². The summed E-state index contributed by atoms with van der Waals surface area (Å²) in [5.41, 5.74) is 2.68. The zero-order valence-electron chi connectivity index (χ0n) is 15.2. The number of hydrogen-bond donors (Lipinski definition) is 1. The molecule has 3 nitrogen and oxygen atoms in total. The topological polar surface area (TPSA) is 56.6 Å². The van der Waals surface area contributed by atoms with E-state index in [4.69, 9.17) is 0 Å². The van der Waals surface area contributed by atoms with Crippen molar-refractivity contribution in [3.05, 3.63) is 80.9 Å². The second-order valence-electron chi connectivity index (χ2n) is 6.98. The van der Waals surface area contributed by atoms with Crippen LogP contribution in [0.5, 0.6) is 0 Å². The molecule has 1 N–H and O–H groups in total. The van der Waals surface area contributed by atoms with Gasteiger partial charge in [0.1, 0.15) is 5.82 Å². The van der Waals surface area contributed by atoms with Crippen molar-refractivity contribution in [1.29, 1.82) is 5.26 Å². The first-order valence-electron chi connectivity index (χ1n) is 8.69. The summed E-state index contributed by atoms with van der Waals surface area (Å²) in [6.07, 6.45) is 1.06. The van der Waals surface area contributed by atoms with Crippen molar-refractivity contribution in [2.24, 2.45) is 0 Å². The van der Waals surface area contributed by atoms with Crippen molar-refractivity contribution in [2.75, 3.05) is 0 Å². The Labute approximate surface area is 152 Å². The second-order valence-corrected chi connectivity index (χ2v) is 6.98. The van der Waals surface area contributed by atoms with Crippen molar-refractivity contribution in [1.82, 2.24) is 4.98 Å². The molecule has 1 aromatic heterocycles. The number of aromatic amines is 1. The lowest BCUT2D eigenvalue weighted by atomic mass is 9.78. The fourth-order valence-corrected chi connectivity index (χ4v) is 3.21. The smallest absolute Gasteiger partial charge is 0.251 e. The van der Waals surface area contributed by atoms with Gasteiger partial charge in [0.15, 0.2) is 0 Å². The molecule has 0 saturated heterocycles. The number of nitrogens with zero attached hydrogens (tertiary/aromatic N) is 1. The average Bonchev–Trinajstić information content (AvgIpc) is 2.63. The maximum Gasteiger partial charge on any atom is 0.251 e. The van der Waals surface area contributed by atoms with Crippen LogP contribution >= 0.6 is 0 Å². The number of H-pyrrole nitrogens is 1. The highest BCUT2D eigenvalue weighted by atomic mass is 19.1. The van der Waals surface area contributed by atoms with Gasteiger partial charge in [-0.15, -0.1) is 0 Å². The van der Waals surface area contributed by atoms with E-state index in [0.29, 0.717) is 23.9 Å². The Morgan fingerprint density at radius 2 is 1.96 bits per heavy atom. The Hall–Kier alpha value is -2.93. The second kappa shape index (κ2) is 6.76. The molecule has 132 valence electrons. The molecule has 1 atom stereocenters. The van der Waals surface area contributed by atoms with Crippen molar-refractivity contribution < 1.29 is 4.39 Å². The summed E-state index contributed by atoms with van der Waals surface area (Å²) in [5, 5.41) is 10.8. The molecule has 0 saturated carbocycles. The predicted molar refractivity (Wildman–Crippen MR) is 102 cm³/mol.